The molecule has 3 rings (SSSR count). The first-order chi connectivity index (χ1) is 11.4. The van der Waals surface area contributed by atoms with Crippen molar-refractivity contribution in [1.82, 2.24) is 0 Å². The quantitative estimate of drug-likeness (QED) is 0.859. The van der Waals surface area contributed by atoms with Crippen LogP contribution in [0.3, 0.4) is 0 Å². The fourth-order valence-electron chi connectivity index (χ4n) is 3.00. The van der Waals surface area contributed by atoms with E-state index in [-0.39, 0.29) is 4.90 Å². The normalized spacial score (nSPS) is 14.7. The first-order valence-electron chi connectivity index (χ1n) is 7.94. The predicted molar refractivity (Wildman–Crippen MR) is 99.4 cm³/mol. The van der Waals surface area contributed by atoms with Gasteiger partial charge in [0.25, 0.3) is 10.0 Å². The maximum Gasteiger partial charge on any atom is 0.261 e. The molecule has 0 bridgehead atoms. The molecule has 0 radical (unpaired) electrons. The summed E-state index contributed by atoms with van der Waals surface area (Å²) in [6, 6.07) is 14.4. The van der Waals surface area contributed by atoms with Gasteiger partial charge in [0.15, 0.2) is 0 Å². The molecule has 0 aromatic heterocycles. The maximum absolute atomic E-state index is 12.7. The zero-order chi connectivity index (χ0) is 17.3. The third-order valence-corrected chi connectivity index (χ3v) is 5.69. The van der Waals surface area contributed by atoms with Crippen LogP contribution in [0, 0.1) is 6.92 Å². The number of aryl methyl sites for hydroxylation is 1. The first-order valence-corrected chi connectivity index (χ1v) is 9.42. The van der Waals surface area contributed by atoms with E-state index in [2.05, 4.69) is 24.6 Å². The Bertz CT molecular complexity index is 936. The monoisotopic (exact) mass is 339 g/mol. The highest BCUT2D eigenvalue weighted by Crippen LogP contribution is 2.37. The summed E-state index contributed by atoms with van der Waals surface area (Å²) in [6.07, 6.45) is 3.09. The Hall–Kier alpha value is -2.33. The van der Waals surface area contributed by atoms with Gasteiger partial charge < -0.3 is 0 Å². The lowest BCUT2D eigenvalue weighted by atomic mass is 9.97. The summed E-state index contributed by atoms with van der Waals surface area (Å²) in [6.45, 7) is 6.09. The average Bonchev–Trinajstić information content (AvgIpc) is 2.87. The molecule has 3 nitrogen and oxygen atoms in total. The van der Waals surface area contributed by atoms with Crippen molar-refractivity contribution in [3.8, 4) is 0 Å². The van der Waals surface area contributed by atoms with E-state index < -0.39 is 10.0 Å². The number of allylic oxidation sites excluding steroid dienone is 4. The Morgan fingerprint density at radius 2 is 1.58 bits per heavy atom. The molecule has 24 heavy (non-hydrogen) atoms. The van der Waals surface area contributed by atoms with E-state index in [9.17, 15) is 8.42 Å². The summed E-state index contributed by atoms with van der Waals surface area (Å²) < 4.78 is 28.2. The number of hydrogen-bond acceptors (Lipinski definition) is 2. The molecule has 0 amide bonds. The van der Waals surface area contributed by atoms with Crippen molar-refractivity contribution in [2.75, 3.05) is 4.72 Å². The van der Waals surface area contributed by atoms with E-state index in [4.69, 9.17) is 0 Å². The smallest absolute Gasteiger partial charge is 0.261 e. The second-order valence-corrected chi connectivity index (χ2v) is 7.89. The molecule has 4 heteroatoms. The molecule has 1 aliphatic rings. The van der Waals surface area contributed by atoms with Gasteiger partial charge in [-0.1, -0.05) is 47.5 Å². The van der Waals surface area contributed by atoms with E-state index in [0.717, 1.165) is 23.1 Å². The van der Waals surface area contributed by atoms with Gasteiger partial charge in [0.2, 0.25) is 0 Å². The summed E-state index contributed by atoms with van der Waals surface area (Å²) in [7, 11) is -3.61. The van der Waals surface area contributed by atoms with Gasteiger partial charge in [0, 0.05) is 5.56 Å². The standard InChI is InChI=1S/C20H21NO2S/c1-14-8-12-17(13-9-14)24(22,23)21-19-7-5-4-6-18(19)20-15(2)10-11-16(20)3/h4-10,12-13,21H,11H2,1-3H3. The van der Waals surface area contributed by atoms with Crippen LogP contribution in [0.4, 0.5) is 5.69 Å². The van der Waals surface area contributed by atoms with Gasteiger partial charge in [-0.25, -0.2) is 8.42 Å². The van der Waals surface area contributed by atoms with Gasteiger partial charge >= 0.3 is 0 Å². The molecule has 1 aliphatic carbocycles. The zero-order valence-electron chi connectivity index (χ0n) is 14.1. The van der Waals surface area contributed by atoms with E-state index in [1.54, 1.807) is 24.3 Å². The van der Waals surface area contributed by atoms with Crippen LogP contribution >= 0.6 is 0 Å². The molecule has 0 atom stereocenters. The number of anilines is 1. The SMILES string of the molecule is CC1=CCC(C)=C1c1ccccc1NS(=O)(=O)c1ccc(C)cc1. The summed E-state index contributed by atoms with van der Waals surface area (Å²) in [5.41, 5.74) is 6.15. The maximum atomic E-state index is 12.7. The Morgan fingerprint density at radius 3 is 2.21 bits per heavy atom. The molecule has 124 valence electrons. The van der Waals surface area contributed by atoms with Crippen molar-refractivity contribution >= 4 is 21.3 Å². The number of para-hydroxylation sites is 1. The summed E-state index contributed by atoms with van der Waals surface area (Å²) in [5.74, 6) is 0. The predicted octanol–water partition coefficient (Wildman–Crippen LogP) is 4.92. The molecule has 0 aliphatic heterocycles. The van der Waals surface area contributed by atoms with Crippen LogP contribution in [0.25, 0.3) is 5.57 Å². The van der Waals surface area contributed by atoms with Crippen LogP contribution < -0.4 is 4.72 Å². The van der Waals surface area contributed by atoms with Crippen LogP contribution in [0.15, 0.2) is 70.6 Å². The molecular weight excluding hydrogens is 318 g/mol. The Balaban J connectivity index is 2.01. The molecule has 2 aromatic carbocycles. The fraction of sp³-hybridized carbons (Fsp3) is 0.200. The van der Waals surface area contributed by atoms with Crippen LogP contribution in [0.5, 0.6) is 0 Å². The zero-order valence-corrected chi connectivity index (χ0v) is 14.9. The lowest BCUT2D eigenvalue weighted by molar-refractivity contribution is 0.601. The van der Waals surface area contributed by atoms with E-state index in [1.807, 2.05) is 31.2 Å². The third kappa shape index (κ3) is 3.15. The Labute approximate surface area is 143 Å². The van der Waals surface area contributed by atoms with Gasteiger partial charge in [0.1, 0.15) is 0 Å². The molecular formula is C20H21NO2S. The number of hydrogen-bond donors (Lipinski definition) is 1. The molecule has 1 N–H and O–H groups in total. The minimum Gasteiger partial charge on any atom is -0.279 e. The van der Waals surface area contributed by atoms with Gasteiger partial charge in [0.05, 0.1) is 10.6 Å². The van der Waals surface area contributed by atoms with E-state index in [1.165, 1.54) is 11.1 Å². The summed E-state index contributed by atoms with van der Waals surface area (Å²) >= 11 is 0. The van der Waals surface area contributed by atoms with Crippen molar-refractivity contribution in [2.24, 2.45) is 0 Å². The van der Waals surface area contributed by atoms with Crippen LogP contribution in [-0.4, -0.2) is 8.42 Å². The average molecular weight is 339 g/mol. The van der Waals surface area contributed by atoms with Crippen molar-refractivity contribution < 1.29 is 8.42 Å². The van der Waals surface area contributed by atoms with Crippen molar-refractivity contribution in [2.45, 2.75) is 32.1 Å². The molecule has 2 aromatic rings. The lowest BCUT2D eigenvalue weighted by Crippen LogP contribution is -2.14. The highest BCUT2D eigenvalue weighted by molar-refractivity contribution is 7.92. The van der Waals surface area contributed by atoms with Crippen LogP contribution in [-0.2, 0) is 10.0 Å². The highest BCUT2D eigenvalue weighted by Gasteiger charge is 2.20. The molecule has 0 unspecified atom stereocenters. The second kappa shape index (κ2) is 6.29. The molecule has 0 saturated heterocycles. The van der Waals surface area contributed by atoms with E-state index >= 15 is 0 Å². The fourth-order valence-corrected chi connectivity index (χ4v) is 4.08. The van der Waals surface area contributed by atoms with Gasteiger partial charge in [-0.05, 0) is 56.5 Å². The third-order valence-electron chi connectivity index (χ3n) is 4.31. The molecule has 0 heterocycles. The Kier molecular flexibility index (Phi) is 4.33. The number of rotatable bonds is 4. The first kappa shape index (κ1) is 16.5. The molecule has 0 fully saturated rings. The lowest BCUT2D eigenvalue weighted by Gasteiger charge is -2.15. The minimum absolute atomic E-state index is 0.271. The van der Waals surface area contributed by atoms with Crippen molar-refractivity contribution in [3.05, 3.63) is 76.9 Å². The highest BCUT2D eigenvalue weighted by atomic mass is 32.2. The van der Waals surface area contributed by atoms with Gasteiger partial charge in [-0.3, -0.25) is 4.72 Å². The Morgan fingerprint density at radius 1 is 0.917 bits per heavy atom. The van der Waals surface area contributed by atoms with Gasteiger partial charge in [-0.15, -0.1) is 0 Å². The summed E-state index contributed by atoms with van der Waals surface area (Å²) in [5, 5.41) is 0. The number of sulfonamides is 1. The van der Waals surface area contributed by atoms with Gasteiger partial charge in [-0.2, -0.15) is 0 Å². The minimum atomic E-state index is -3.61. The van der Waals surface area contributed by atoms with Crippen LogP contribution in [0.2, 0.25) is 0 Å². The number of benzene rings is 2. The molecule has 0 spiro atoms. The second-order valence-electron chi connectivity index (χ2n) is 6.21. The number of nitrogens with one attached hydrogen (secondary N) is 1. The van der Waals surface area contributed by atoms with Crippen LogP contribution in [0.1, 0.15) is 31.4 Å². The largest absolute Gasteiger partial charge is 0.279 e. The van der Waals surface area contributed by atoms with Crippen molar-refractivity contribution in [3.63, 3.8) is 0 Å². The topological polar surface area (TPSA) is 46.2 Å². The van der Waals surface area contributed by atoms with E-state index in [0.29, 0.717) is 5.69 Å². The van der Waals surface area contributed by atoms with Crippen molar-refractivity contribution in [1.29, 1.82) is 0 Å². The summed E-state index contributed by atoms with van der Waals surface area (Å²) in [4.78, 5) is 0.271. The molecule has 0 saturated carbocycles.